The number of para-hydroxylation sites is 2. The molecule has 2 N–H and O–H groups in total. The van der Waals surface area contributed by atoms with Crippen LogP contribution in [0, 0.1) is 0 Å². The quantitative estimate of drug-likeness (QED) is 0.401. The molecule has 4 rings (SSSR count). The van der Waals surface area contributed by atoms with Crippen LogP contribution in [0.2, 0.25) is 0 Å². The Labute approximate surface area is 182 Å². The third-order valence-corrected chi connectivity index (χ3v) is 5.02. The van der Waals surface area contributed by atoms with E-state index >= 15 is 0 Å². The van der Waals surface area contributed by atoms with Gasteiger partial charge in [-0.05, 0) is 48.4 Å². The molecule has 31 heavy (non-hydrogen) atoms. The first kappa shape index (κ1) is 20.8. The van der Waals surface area contributed by atoms with Crippen LogP contribution in [0.5, 0.6) is 11.5 Å². The van der Waals surface area contributed by atoms with Crippen LogP contribution in [0.4, 0.5) is 6.01 Å². The van der Waals surface area contributed by atoms with Crippen molar-refractivity contribution in [1.82, 2.24) is 4.98 Å². The van der Waals surface area contributed by atoms with Gasteiger partial charge >= 0.3 is 0 Å². The van der Waals surface area contributed by atoms with Gasteiger partial charge in [0.2, 0.25) is 0 Å². The summed E-state index contributed by atoms with van der Waals surface area (Å²) in [5, 5.41) is 0. The van der Waals surface area contributed by atoms with Crippen LogP contribution in [0.3, 0.4) is 0 Å². The monoisotopic (exact) mass is 417 g/mol. The summed E-state index contributed by atoms with van der Waals surface area (Å²) < 4.78 is 17.6. The highest BCUT2D eigenvalue weighted by molar-refractivity contribution is 5.74. The zero-order chi connectivity index (χ0) is 21.5. The van der Waals surface area contributed by atoms with Gasteiger partial charge in [0, 0.05) is 13.1 Å². The summed E-state index contributed by atoms with van der Waals surface area (Å²) in [6, 6.07) is 24.4. The summed E-state index contributed by atoms with van der Waals surface area (Å²) in [5.74, 6) is 1.41. The highest BCUT2D eigenvalue weighted by Gasteiger charge is 2.16. The van der Waals surface area contributed by atoms with Gasteiger partial charge in [-0.2, -0.15) is 4.98 Å². The average Bonchev–Trinajstić information content (AvgIpc) is 3.25. The van der Waals surface area contributed by atoms with E-state index in [-0.39, 0.29) is 0 Å². The predicted molar refractivity (Wildman–Crippen MR) is 122 cm³/mol. The van der Waals surface area contributed by atoms with Crippen molar-refractivity contribution < 1.29 is 13.9 Å². The van der Waals surface area contributed by atoms with Crippen molar-refractivity contribution in [2.75, 3.05) is 25.1 Å². The Bertz CT molecular complexity index is 1080. The Morgan fingerprint density at radius 2 is 1.74 bits per heavy atom. The highest BCUT2D eigenvalue weighted by atomic mass is 16.5. The first-order chi connectivity index (χ1) is 15.3. The highest BCUT2D eigenvalue weighted by Crippen LogP contribution is 2.30. The number of anilines is 1. The van der Waals surface area contributed by atoms with Crippen LogP contribution < -0.4 is 20.1 Å². The Morgan fingerprint density at radius 3 is 2.52 bits per heavy atom. The molecule has 0 fully saturated rings. The first-order valence-electron chi connectivity index (χ1n) is 10.4. The second-order valence-electron chi connectivity index (χ2n) is 7.29. The molecule has 0 radical (unpaired) electrons. The molecule has 0 saturated carbocycles. The molecular weight excluding hydrogens is 390 g/mol. The molecule has 1 heterocycles. The maximum Gasteiger partial charge on any atom is 0.298 e. The lowest BCUT2D eigenvalue weighted by Gasteiger charge is -2.21. The van der Waals surface area contributed by atoms with Crippen molar-refractivity contribution in [2.24, 2.45) is 5.73 Å². The van der Waals surface area contributed by atoms with E-state index in [1.165, 1.54) is 0 Å². The average molecular weight is 418 g/mol. The van der Waals surface area contributed by atoms with Crippen molar-refractivity contribution in [3.8, 4) is 11.5 Å². The molecule has 6 heteroatoms. The molecule has 1 aromatic heterocycles. The number of oxazole rings is 1. The minimum atomic E-state index is 0.488. The van der Waals surface area contributed by atoms with Crippen molar-refractivity contribution in [3.05, 3.63) is 83.9 Å². The Balaban J connectivity index is 1.52. The third-order valence-electron chi connectivity index (χ3n) is 5.02. The Hall–Kier alpha value is -3.51. The minimum Gasteiger partial charge on any atom is -0.493 e. The summed E-state index contributed by atoms with van der Waals surface area (Å²) in [6.45, 7) is 2.47. The standard InChI is InChI=1S/C25H27N3O3/c1-29-24-16-20(12-13-23(24)30-18-19-8-3-2-4-9-19)17-28(15-7-14-26)25-27-21-10-5-6-11-22(21)31-25/h2-6,8-13,16H,7,14-15,17-18,26H2,1H3. The number of hydrogen-bond donors (Lipinski definition) is 1. The number of aromatic nitrogens is 1. The summed E-state index contributed by atoms with van der Waals surface area (Å²) in [4.78, 5) is 6.75. The lowest BCUT2D eigenvalue weighted by atomic mass is 10.2. The number of fused-ring (bicyclic) bond motifs is 1. The number of benzene rings is 3. The van der Waals surface area contributed by atoms with Crippen LogP contribution in [0.25, 0.3) is 11.1 Å². The fraction of sp³-hybridized carbons (Fsp3) is 0.240. The second kappa shape index (κ2) is 10.00. The smallest absolute Gasteiger partial charge is 0.298 e. The zero-order valence-electron chi connectivity index (χ0n) is 17.7. The van der Waals surface area contributed by atoms with E-state index in [4.69, 9.17) is 19.6 Å². The van der Waals surface area contributed by atoms with Gasteiger partial charge in [-0.1, -0.05) is 48.5 Å². The van der Waals surface area contributed by atoms with E-state index in [1.807, 2.05) is 72.8 Å². The van der Waals surface area contributed by atoms with E-state index in [9.17, 15) is 0 Å². The van der Waals surface area contributed by atoms with E-state index < -0.39 is 0 Å². The fourth-order valence-corrected chi connectivity index (χ4v) is 3.41. The third kappa shape index (κ3) is 5.16. The molecule has 0 aliphatic carbocycles. The summed E-state index contributed by atoms with van der Waals surface area (Å²) in [6.07, 6.45) is 0.841. The van der Waals surface area contributed by atoms with Gasteiger partial charge in [0.1, 0.15) is 12.1 Å². The van der Waals surface area contributed by atoms with Crippen LogP contribution in [-0.2, 0) is 13.2 Å². The number of ether oxygens (including phenoxy) is 2. The summed E-state index contributed by atoms with van der Waals surface area (Å²) >= 11 is 0. The van der Waals surface area contributed by atoms with Gasteiger partial charge in [-0.15, -0.1) is 0 Å². The van der Waals surface area contributed by atoms with E-state index in [0.29, 0.717) is 37.2 Å². The van der Waals surface area contributed by atoms with Crippen LogP contribution in [-0.4, -0.2) is 25.2 Å². The lowest BCUT2D eigenvalue weighted by molar-refractivity contribution is 0.284. The largest absolute Gasteiger partial charge is 0.493 e. The Kier molecular flexibility index (Phi) is 6.69. The molecule has 0 aliphatic rings. The topological polar surface area (TPSA) is 73.8 Å². The van der Waals surface area contributed by atoms with Crippen molar-refractivity contribution >= 4 is 17.1 Å². The molecule has 0 aliphatic heterocycles. The number of nitrogens with zero attached hydrogens (tertiary/aromatic N) is 2. The van der Waals surface area contributed by atoms with Gasteiger partial charge in [0.05, 0.1) is 7.11 Å². The molecule has 3 aromatic carbocycles. The molecule has 0 amide bonds. The van der Waals surface area contributed by atoms with E-state index in [1.54, 1.807) is 7.11 Å². The summed E-state index contributed by atoms with van der Waals surface area (Å²) in [7, 11) is 1.65. The van der Waals surface area contributed by atoms with Gasteiger partial charge in [-0.25, -0.2) is 0 Å². The molecule has 0 bridgehead atoms. The number of hydrogen-bond acceptors (Lipinski definition) is 6. The Morgan fingerprint density at radius 1 is 0.935 bits per heavy atom. The van der Waals surface area contributed by atoms with Gasteiger partial charge < -0.3 is 24.5 Å². The van der Waals surface area contributed by atoms with Crippen LogP contribution in [0.15, 0.2) is 77.2 Å². The molecule has 0 saturated heterocycles. The second-order valence-corrected chi connectivity index (χ2v) is 7.29. The molecule has 0 unspecified atom stereocenters. The summed E-state index contributed by atoms with van der Waals surface area (Å²) in [5.41, 5.74) is 9.56. The van der Waals surface area contributed by atoms with Crippen molar-refractivity contribution in [2.45, 2.75) is 19.6 Å². The van der Waals surface area contributed by atoms with Crippen molar-refractivity contribution in [1.29, 1.82) is 0 Å². The van der Waals surface area contributed by atoms with E-state index in [2.05, 4.69) is 9.88 Å². The first-order valence-corrected chi connectivity index (χ1v) is 10.4. The van der Waals surface area contributed by atoms with Gasteiger partial charge in [0.15, 0.2) is 17.1 Å². The molecular formula is C25H27N3O3. The van der Waals surface area contributed by atoms with Crippen molar-refractivity contribution in [3.63, 3.8) is 0 Å². The molecule has 0 spiro atoms. The molecule has 6 nitrogen and oxygen atoms in total. The maximum atomic E-state index is 5.99. The fourth-order valence-electron chi connectivity index (χ4n) is 3.41. The minimum absolute atomic E-state index is 0.488. The van der Waals surface area contributed by atoms with Gasteiger partial charge in [0.25, 0.3) is 6.01 Å². The maximum absolute atomic E-state index is 5.99. The predicted octanol–water partition coefficient (Wildman–Crippen LogP) is 4.77. The van der Waals surface area contributed by atoms with Crippen LogP contribution >= 0.6 is 0 Å². The number of rotatable bonds is 10. The van der Waals surface area contributed by atoms with Gasteiger partial charge in [-0.3, -0.25) is 0 Å². The molecule has 4 aromatic rings. The normalized spacial score (nSPS) is 10.9. The number of nitrogens with two attached hydrogens (primary N) is 1. The van der Waals surface area contributed by atoms with Crippen LogP contribution in [0.1, 0.15) is 17.5 Å². The SMILES string of the molecule is COc1cc(CN(CCCN)c2nc3ccccc3o2)ccc1OCc1ccccc1. The van der Waals surface area contributed by atoms with E-state index in [0.717, 1.165) is 35.2 Å². The molecule has 0 atom stereocenters. The lowest BCUT2D eigenvalue weighted by Crippen LogP contribution is -2.26. The molecule has 160 valence electrons. The zero-order valence-corrected chi connectivity index (χ0v) is 17.7. The number of methoxy groups -OCH3 is 1.